The first-order valence-electron chi connectivity index (χ1n) is 13.2. The fraction of sp³-hybridized carbons (Fsp3) is 0.667. The van der Waals surface area contributed by atoms with Crippen molar-refractivity contribution in [3.63, 3.8) is 0 Å². The molecule has 8 heteroatoms. The second-order valence-electron chi connectivity index (χ2n) is 10.4. The minimum Gasteiger partial charge on any atom is -0.507 e. The van der Waals surface area contributed by atoms with Crippen molar-refractivity contribution < 1.29 is 5.11 Å². The lowest BCUT2D eigenvalue weighted by Crippen LogP contribution is -2.29. The molecule has 0 radical (unpaired) electrons. The van der Waals surface area contributed by atoms with E-state index in [2.05, 4.69) is 52.8 Å². The molecule has 2 saturated heterocycles. The number of aromatic hydroxyl groups is 1. The zero-order valence-corrected chi connectivity index (χ0v) is 24.2. The van der Waals surface area contributed by atoms with E-state index in [9.17, 15) is 5.11 Å². The Morgan fingerprint density at radius 1 is 0.829 bits per heavy atom. The first-order chi connectivity index (χ1) is 16.9. The fourth-order valence-electron chi connectivity index (χ4n) is 5.19. The Morgan fingerprint density at radius 3 is 1.94 bits per heavy atom. The molecule has 5 nitrogen and oxygen atoms in total. The minimum absolute atomic E-state index is 0.498. The molecule has 0 amide bonds. The zero-order valence-electron chi connectivity index (χ0n) is 21.7. The summed E-state index contributed by atoms with van der Waals surface area (Å²) in [5, 5.41) is 11.5. The molecule has 0 spiro atoms. The number of phenols is 1. The van der Waals surface area contributed by atoms with Crippen molar-refractivity contribution in [2.75, 3.05) is 66.5 Å². The predicted molar refractivity (Wildman–Crippen MR) is 154 cm³/mol. The van der Waals surface area contributed by atoms with Gasteiger partial charge in [0, 0.05) is 50.4 Å². The Morgan fingerprint density at radius 2 is 1.40 bits per heavy atom. The van der Waals surface area contributed by atoms with Gasteiger partial charge in [0.05, 0.1) is 4.88 Å². The quantitative estimate of drug-likeness (QED) is 0.354. The first kappa shape index (κ1) is 27.2. The van der Waals surface area contributed by atoms with Gasteiger partial charge in [-0.2, -0.15) is 0 Å². The summed E-state index contributed by atoms with van der Waals surface area (Å²) in [6.07, 6.45) is 5.75. The van der Waals surface area contributed by atoms with Gasteiger partial charge in [-0.15, -0.1) is 0 Å². The van der Waals surface area contributed by atoms with Gasteiger partial charge >= 0.3 is 0 Å². The summed E-state index contributed by atoms with van der Waals surface area (Å²) >= 11 is 5.75. The third-order valence-electron chi connectivity index (χ3n) is 7.44. The maximum absolute atomic E-state index is 11.5. The number of unbranched alkanes of at least 4 members (excludes halogenated alkanes) is 1. The molecule has 1 aromatic carbocycles. The molecule has 2 aromatic rings. The largest absolute Gasteiger partial charge is 0.507 e. The number of benzene rings is 1. The van der Waals surface area contributed by atoms with Gasteiger partial charge < -0.3 is 14.9 Å². The molecule has 1 aromatic heterocycles. The van der Waals surface area contributed by atoms with E-state index in [4.69, 9.17) is 12.2 Å². The number of hydrogen-bond donors (Lipinski definition) is 1. The topological polar surface area (TPSA) is 33.2 Å². The maximum Gasteiger partial charge on any atom is 0.124 e. The van der Waals surface area contributed by atoms with Crippen LogP contribution in [0.15, 0.2) is 12.1 Å². The number of hydrogen-bond acceptors (Lipinski definition) is 8. The Labute approximate surface area is 224 Å². The molecular formula is C27H42N4OS3. The second kappa shape index (κ2) is 13.1. The van der Waals surface area contributed by atoms with Crippen LogP contribution in [0.2, 0.25) is 0 Å². The average Bonchev–Trinajstić information content (AvgIpc) is 2.96. The molecule has 3 heterocycles. The summed E-state index contributed by atoms with van der Waals surface area (Å²) in [7, 11) is 7.97. The van der Waals surface area contributed by atoms with Crippen molar-refractivity contribution in [1.82, 2.24) is 19.6 Å². The summed E-state index contributed by atoms with van der Waals surface area (Å²) in [5.74, 6) is 0.498. The van der Waals surface area contributed by atoms with E-state index in [-0.39, 0.29) is 0 Å². The molecule has 0 aliphatic carbocycles. The van der Waals surface area contributed by atoms with E-state index in [1.807, 2.05) is 10.3 Å². The molecule has 2 aliphatic rings. The van der Waals surface area contributed by atoms with E-state index >= 15 is 0 Å². The molecule has 0 saturated carbocycles. The lowest BCUT2D eigenvalue weighted by molar-refractivity contribution is 0.259. The fourth-order valence-corrected chi connectivity index (χ4v) is 8.19. The highest BCUT2D eigenvalue weighted by Crippen LogP contribution is 2.39. The van der Waals surface area contributed by atoms with Gasteiger partial charge in [0.25, 0.3) is 0 Å². The lowest BCUT2D eigenvalue weighted by Gasteiger charge is -2.24. The number of nitrogens with zero attached hydrogens (tertiary/aromatic N) is 4. The van der Waals surface area contributed by atoms with Crippen molar-refractivity contribution in [2.24, 2.45) is 0 Å². The Bertz CT molecular complexity index is 973. The highest BCUT2D eigenvalue weighted by Gasteiger charge is 2.21. The Kier molecular flexibility index (Phi) is 10.2. The maximum atomic E-state index is 11.5. The van der Waals surface area contributed by atoms with Crippen LogP contribution >= 0.6 is 32.9 Å². The Balaban J connectivity index is 1.67. The van der Waals surface area contributed by atoms with Crippen molar-refractivity contribution in [3.8, 4) is 16.2 Å². The lowest BCUT2D eigenvalue weighted by atomic mass is 9.99. The van der Waals surface area contributed by atoms with Crippen LogP contribution < -0.4 is 0 Å². The van der Waals surface area contributed by atoms with Crippen LogP contribution in [0.4, 0.5) is 0 Å². The summed E-state index contributed by atoms with van der Waals surface area (Å²) < 4.78 is 1.04. The van der Waals surface area contributed by atoms with Crippen molar-refractivity contribution in [1.29, 1.82) is 0 Å². The van der Waals surface area contributed by atoms with Gasteiger partial charge in [0.15, 0.2) is 0 Å². The highest BCUT2D eigenvalue weighted by molar-refractivity contribution is 7.80. The number of rotatable bonds is 8. The molecule has 4 rings (SSSR count). The van der Waals surface area contributed by atoms with Crippen molar-refractivity contribution in [3.05, 3.63) is 32.6 Å². The van der Waals surface area contributed by atoms with Gasteiger partial charge in [-0.05, 0) is 89.2 Å². The van der Waals surface area contributed by atoms with E-state index in [0.717, 1.165) is 86.8 Å². The van der Waals surface area contributed by atoms with Gasteiger partial charge in [-0.25, -0.2) is 0 Å². The number of likely N-dealkylation sites (N-methyl/N-ethyl adjacent to an activating group) is 2. The molecule has 2 aliphatic heterocycles. The van der Waals surface area contributed by atoms with E-state index in [1.165, 1.54) is 41.7 Å². The van der Waals surface area contributed by atoms with Crippen LogP contribution in [-0.2, 0) is 19.5 Å². The second-order valence-corrected chi connectivity index (χ2v) is 13.2. The molecule has 0 atom stereocenters. The van der Waals surface area contributed by atoms with Crippen LogP contribution in [0.25, 0.3) is 10.4 Å². The summed E-state index contributed by atoms with van der Waals surface area (Å²) in [6, 6.07) is 4.51. The molecule has 0 unspecified atom stereocenters. The monoisotopic (exact) mass is 534 g/mol. The normalized spacial score (nSPS) is 19.6. The third-order valence-corrected chi connectivity index (χ3v) is 10.6. The van der Waals surface area contributed by atoms with Gasteiger partial charge in [0.2, 0.25) is 0 Å². The first-order valence-corrected chi connectivity index (χ1v) is 15.8. The average molecular weight is 535 g/mol. The summed E-state index contributed by atoms with van der Waals surface area (Å²) in [4.78, 5) is 11.2. The predicted octanol–water partition coefficient (Wildman–Crippen LogP) is 5.53. The van der Waals surface area contributed by atoms with Crippen LogP contribution in [0, 0.1) is 3.82 Å². The van der Waals surface area contributed by atoms with Gasteiger partial charge in [-0.1, -0.05) is 46.2 Å². The Hall–Kier alpha value is -0.870. The standard InChI is InChI=1S/C27H42N4OS3/c1-4-5-8-24-26(34-35-27(24)33)21-17-22(19-30-11-6-9-28(2)13-15-30)25(32)23(18-21)20-31-12-7-10-29(3)14-16-31/h17-18,32H,4-16,19-20H2,1-3H3. The van der Waals surface area contributed by atoms with Crippen LogP contribution in [0.5, 0.6) is 5.75 Å². The van der Waals surface area contributed by atoms with Gasteiger partial charge in [0.1, 0.15) is 9.57 Å². The smallest absolute Gasteiger partial charge is 0.124 e. The van der Waals surface area contributed by atoms with E-state index in [1.54, 1.807) is 10.3 Å². The van der Waals surface area contributed by atoms with E-state index in [0.29, 0.717) is 5.75 Å². The van der Waals surface area contributed by atoms with Crippen molar-refractivity contribution in [2.45, 2.75) is 52.1 Å². The molecular weight excluding hydrogens is 493 g/mol. The molecule has 194 valence electrons. The van der Waals surface area contributed by atoms with Crippen LogP contribution in [0.3, 0.4) is 0 Å². The van der Waals surface area contributed by atoms with Crippen molar-refractivity contribution >= 4 is 32.9 Å². The molecule has 2 fully saturated rings. The van der Waals surface area contributed by atoms with Crippen LogP contribution in [0.1, 0.15) is 49.3 Å². The SMILES string of the molecule is CCCCc1c(-c2cc(CN3CCCN(C)CC3)c(O)c(CN3CCCN(C)CC3)c2)ssc1=S. The highest BCUT2D eigenvalue weighted by atomic mass is 32.9. The number of phenolic OH excluding ortho intramolecular Hbond substituents is 1. The van der Waals surface area contributed by atoms with Crippen LogP contribution in [-0.4, -0.2) is 91.2 Å². The molecule has 35 heavy (non-hydrogen) atoms. The molecule has 1 N–H and O–H groups in total. The molecule has 0 bridgehead atoms. The summed E-state index contributed by atoms with van der Waals surface area (Å²) in [6.45, 7) is 12.6. The minimum atomic E-state index is 0.498. The van der Waals surface area contributed by atoms with E-state index < -0.39 is 0 Å². The zero-order chi connectivity index (χ0) is 24.8. The third kappa shape index (κ3) is 7.34. The summed E-state index contributed by atoms with van der Waals surface area (Å²) in [5.41, 5.74) is 4.72. The van der Waals surface area contributed by atoms with Gasteiger partial charge in [-0.3, -0.25) is 9.80 Å².